The topological polar surface area (TPSA) is 34.1 Å². The minimum Gasteiger partial charge on any atom is -0.258 e. The van der Waals surface area contributed by atoms with Crippen molar-refractivity contribution in [3.63, 3.8) is 0 Å². The van der Waals surface area contributed by atoms with Crippen molar-refractivity contribution >= 4 is 21.6 Å². The van der Waals surface area contributed by atoms with Crippen molar-refractivity contribution in [2.45, 2.75) is 36.2 Å². The molecule has 1 aliphatic carbocycles. The molecular weight excluding hydrogens is 180 g/mol. The molecule has 0 amide bonds. The van der Waals surface area contributed by atoms with E-state index in [1.165, 1.54) is 12.8 Å². The van der Waals surface area contributed by atoms with Crippen molar-refractivity contribution in [1.82, 2.24) is 0 Å². The van der Waals surface area contributed by atoms with E-state index in [1.54, 1.807) is 0 Å². The highest BCUT2D eigenvalue weighted by atomic mass is 32.2. The second-order valence-electron chi connectivity index (χ2n) is 3.24. The van der Waals surface area contributed by atoms with Crippen LogP contribution in [0.15, 0.2) is 0 Å². The van der Waals surface area contributed by atoms with Gasteiger partial charge in [-0.05, 0) is 12.8 Å². The minimum atomic E-state index is -0.770. The Morgan fingerprint density at radius 2 is 1.36 bits per heavy atom. The van der Waals surface area contributed by atoms with Gasteiger partial charge in [0.25, 0.3) is 0 Å². The quantitative estimate of drug-likeness (QED) is 0.568. The van der Waals surface area contributed by atoms with E-state index < -0.39 is 21.6 Å². The maximum atomic E-state index is 11.3. The van der Waals surface area contributed by atoms with E-state index >= 15 is 0 Å². The normalized spacial score (nSPS) is 50.5. The molecule has 0 bridgehead atoms. The van der Waals surface area contributed by atoms with Gasteiger partial charge in [-0.1, -0.05) is 12.8 Å². The Bertz CT molecular complexity index is 192. The second-order valence-corrected chi connectivity index (χ2v) is 6.92. The Hall–Kier alpha value is 0.300. The number of hydrogen-bond donors (Lipinski definition) is 0. The van der Waals surface area contributed by atoms with Crippen molar-refractivity contribution < 1.29 is 8.42 Å². The standard InChI is InChI=1S/C7H12O2S2/c8-10-5-11(9)7-4-2-1-3-6(7)10/h6-7H,1-5H2/t6-,7-,10?,11?/m1/s1. The van der Waals surface area contributed by atoms with E-state index in [0.717, 1.165) is 12.8 Å². The Morgan fingerprint density at radius 3 is 1.82 bits per heavy atom. The molecule has 2 aliphatic rings. The first-order valence-electron chi connectivity index (χ1n) is 4.03. The smallest absolute Gasteiger partial charge is 0.0998 e. The summed E-state index contributed by atoms with van der Waals surface area (Å²) in [6, 6.07) is 0. The van der Waals surface area contributed by atoms with Crippen LogP contribution in [0.1, 0.15) is 25.7 Å². The molecule has 1 saturated heterocycles. The third kappa shape index (κ3) is 1.31. The van der Waals surface area contributed by atoms with Crippen LogP contribution in [0.25, 0.3) is 0 Å². The van der Waals surface area contributed by atoms with Crippen LogP contribution < -0.4 is 0 Å². The summed E-state index contributed by atoms with van der Waals surface area (Å²) in [4.78, 5) is 0. The number of fused-ring (bicyclic) bond motifs is 1. The summed E-state index contributed by atoms with van der Waals surface area (Å²) >= 11 is 0. The third-order valence-electron chi connectivity index (χ3n) is 2.55. The van der Waals surface area contributed by atoms with Crippen LogP contribution >= 0.6 is 0 Å². The lowest BCUT2D eigenvalue weighted by Gasteiger charge is -2.21. The van der Waals surface area contributed by atoms with Gasteiger partial charge in [-0.25, -0.2) is 0 Å². The molecule has 4 atom stereocenters. The zero-order valence-corrected chi connectivity index (χ0v) is 7.96. The van der Waals surface area contributed by atoms with Crippen molar-refractivity contribution in [3.05, 3.63) is 0 Å². The third-order valence-corrected chi connectivity index (χ3v) is 7.06. The van der Waals surface area contributed by atoms with Crippen LogP contribution in [0, 0.1) is 0 Å². The fraction of sp³-hybridized carbons (Fsp3) is 1.00. The highest BCUT2D eigenvalue weighted by Gasteiger charge is 2.40. The molecule has 1 heterocycles. The summed E-state index contributed by atoms with van der Waals surface area (Å²) < 4.78 is 22.7. The van der Waals surface area contributed by atoms with Gasteiger partial charge in [-0.15, -0.1) is 0 Å². The lowest BCUT2D eigenvalue weighted by molar-refractivity contribution is 0.513. The molecule has 0 aromatic rings. The zero-order chi connectivity index (χ0) is 7.84. The average molecular weight is 192 g/mol. The molecule has 0 radical (unpaired) electrons. The van der Waals surface area contributed by atoms with E-state index in [-0.39, 0.29) is 10.5 Å². The Morgan fingerprint density at radius 1 is 0.909 bits per heavy atom. The fourth-order valence-electron chi connectivity index (χ4n) is 1.95. The Kier molecular flexibility index (Phi) is 2.14. The van der Waals surface area contributed by atoms with E-state index in [1.807, 2.05) is 0 Å². The zero-order valence-electron chi connectivity index (χ0n) is 6.32. The average Bonchev–Trinajstić information content (AvgIpc) is 2.30. The van der Waals surface area contributed by atoms with E-state index in [9.17, 15) is 8.42 Å². The van der Waals surface area contributed by atoms with Crippen molar-refractivity contribution in [3.8, 4) is 0 Å². The number of rotatable bonds is 0. The van der Waals surface area contributed by atoms with E-state index in [4.69, 9.17) is 0 Å². The molecule has 4 heteroatoms. The van der Waals surface area contributed by atoms with Crippen LogP contribution in [0.4, 0.5) is 0 Å². The van der Waals surface area contributed by atoms with Crippen molar-refractivity contribution in [2.24, 2.45) is 0 Å². The first-order valence-corrected chi connectivity index (χ1v) is 6.80. The molecule has 0 aromatic heterocycles. The van der Waals surface area contributed by atoms with Gasteiger partial charge in [0.1, 0.15) is 0 Å². The molecule has 0 aromatic carbocycles. The highest BCUT2D eigenvalue weighted by Crippen LogP contribution is 2.32. The van der Waals surface area contributed by atoms with Crippen LogP contribution in [0.2, 0.25) is 0 Å². The SMILES string of the molecule is O=S1CS(=O)[C@@H]2CCCC[C@H]21. The van der Waals surface area contributed by atoms with Crippen LogP contribution in [0.3, 0.4) is 0 Å². The molecular formula is C7H12O2S2. The summed E-state index contributed by atoms with van der Waals surface area (Å²) in [5, 5.41) is 1.02. The monoisotopic (exact) mass is 192 g/mol. The molecule has 2 unspecified atom stereocenters. The van der Waals surface area contributed by atoms with Crippen LogP contribution in [-0.2, 0) is 21.6 Å². The van der Waals surface area contributed by atoms with Gasteiger partial charge in [-0.2, -0.15) is 0 Å². The first-order chi connectivity index (χ1) is 5.29. The predicted octanol–water partition coefficient (Wildman–Crippen LogP) is 0.766. The second kappa shape index (κ2) is 2.98. The maximum absolute atomic E-state index is 11.3. The Balaban J connectivity index is 2.19. The molecule has 2 rings (SSSR count). The molecule has 2 nitrogen and oxygen atoms in total. The summed E-state index contributed by atoms with van der Waals surface area (Å²) in [6.07, 6.45) is 4.46. The molecule has 1 saturated carbocycles. The largest absolute Gasteiger partial charge is 0.258 e. The lowest BCUT2D eigenvalue weighted by atomic mass is 10.00. The van der Waals surface area contributed by atoms with Crippen LogP contribution in [0.5, 0.6) is 0 Å². The van der Waals surface area contributed by atoms with Gasteiger partial charge in [-0.3, -0.25) is 8.42 Å². The summed E-state index contributed by atoms with van der Waals surface area (Å²) in [5.74, 6) is 0. The lowest BCUT2D eigenvalue weighted by Crippen LogP contribution is -2.28. The first kappa shape index (κ1) is 7.92. The van der Waals surface area contributed by atoms with Crippen molar-refractivity contribution in [2.75, 3.05) is 5.08 Å². The van der Waals surface area contributed by atoms with Gasteiger partial charge < -0.3 is 0 Å². The number of hydrogen-bond acceptors (Lipinski definition) is 2. The van der Waals surface area contributed by atoms with Crippen LogP contribution in [-0.4, -0.2) is 24.0 Å². The summed E-state index contributed by atoms with van der Waals surface area (Å²) in [7, 11) is -1.54. The van der Waals surface area contributed by atoms with Gasteiger partial charge in [0.05, 0.1) is 15.6 Å². The Labute approximate surface area is 71.7 Å². The van der Waals surface area contributed by atoms with Gasteiger partial charge in [0.2, 0.25) is 0 Å². The molecule has 0 spiro atoms. The molecule has 0 N–H and O–H groups in total. The molecule has 64 valence electrons. The van der Waals surface area contributed by atoms with E-state index in [0.29, 0.717) is 5.08 Å². The van der Waals surface area contributed by atoms with Gasteiger partial charge in [0, 0.05) is 21.6 Å². The molecule has 1 aliphatic heterocycles. The van der Waals surface area contributed by atoms with Crippen molar-refractivity contribution in [1.29, 1.82) is 0 Å². The van der Waals surface area contributed by atoms with Gasteiger partial charge >= 0.3 is 0 Å². The summed E-state index contributed by atoms with van der Waals surface area (Å²) in [6.45, 7) is 0. The summed E-state index contributed by atoms with van der Waals surface area (Å²) in [5.41, 5.74) is 0. The minimum absolute atomic E-state index is 0.282. The molecule has 2 fully saturated rings. The highest BCUT2D eigenvalue weighted by molar-refractivity contribution is 8.06. The van der Waals surface area contributed by atoms with Gasteiger partial charge in [0.15, 0.2) is 0 Å². The van der Waals surface area contributed by atoms with E-state index in [2.05, 4.69) is 0 Å². The fourth-order valence-corrected chi connectivity index (χ4v) is 6.82. The maximum Gasteiger partial charge on any atom is 0.0998 e. The predicted molar refractivity (Wildman–Crippen MR) is 47.2 cm³/mol. The molecule has 11 heavy (non-hydrogen) atoms.